The second kappa shape index (κ2) is 4.22. The summed E-state index contributed by atoms with van der Waals surface area (Å²) < 4.78 is 11.3. The van der Waals surface area contributed by atoms with Gasteiger partial charge in [0.1, 0.15) is 6.04 Å². The van der Waals surface area contributed by atoms with Crippen LogP contribution in [0.2, 0.25) is 0 Å². The van der Waals surface area contributed by atoms with E-state index < -0.39 is 12.0 Å². The summed E-state index contributed by atoms with van der Waals surface area (Å²) >= 11 is 0. The van der Waals surface area contributed by atoms with Gasteiger partial charge in [-0.3, -0.25) is 4.94 Å². The summed E-state index contributed by atoms with van der Waals surface area (Å²) in [5, 5.41) is 2.64. The molecule has 0 fully saturated rings. The number of carbonyl (C=O) groups excluding carboxylic acids is 1. The van der Waals surface area contributed by atoms with Gasteiger partial charge in [-0.1, -0.05) is 13.8 Å². The van der Waals surface area contributed by atoms with E-state index in [1.54, 1.807) is 20.9 Å². The van der Waals surface area contributed by atoms with Crippen LogP contribution in [0.3, 0.4) is 0 Å². The van der Waals surface area contributed by atoms with Crippen LogP contribution in [0, 0.1) is 5.92 Å². The lowest BCUT2D eigenvalue weighted by molar-refractivity contribution is -0.187. The van der Waals surface area contributed by atoms with E-state index in [1.165, 1.54) is 0 Å². The fourth-order valence-corrected chi connectivity index (χ4v) is 0.771. The van der Waals surface area contributed by atoms with Crippen LogP contribution < -0.4 is 5.32 Å². The molecule has 0 saturated carbocycles. The normalized spacial score (nSPS) is 13.3. The highest BCUT2D eigenvalue weighted by molar-refractivity contribution is 5.75. The third-order valence-corrected chi connectivity index (χ3v) is 1.31. The van der Waals surface area contributed by atoms with E-state index >= 15 is 0 Å². The van der Waals surface area contributed by atoms with Crippen molar-refractivity contribution in [3.8, 4) is 0 Å². The Kier molecular flexibility index (Phi) is 3.95. The zero-order valence-corrected chi connectivity index (χ0v) is 6.35. The van der Waals surface area contributed by atoms with Crippen LogP contribution in [0.15, 0.2) is 0 Å². The third kappa shape index (κ3) is 2.31. The van der Waals surface area contributed by atoms with Crippen molar-refractivity contribution in [2.24, 2.45) is 5.92 Å². The second-order valence-electron chi connectivity index (χ2n) is 2.41. The van der Waals surface area contributed by atoms with E-state index in [4.69, 9.17) is 0 Å². The maximum absolute atomic E-state index is 11.3. The van der Waals surface area contributed by atoms with E-state index in [0.717, 1.165) is 0 Å². The molecule has 10 heavy (non-hydrogen) atoms. The van der Waals surface area contributed by atoms with Gasteiger partial charge in [0.25, 0.3) is 0 Å². The van der Waals surface area contributed by atoms with Gasteiger partial charge in [0.2, 0.25) is 0 Å². The van der Waals surface area contributed by atoms with Crippen molar-refractivity contribution in [1.29, 1.82) is 0 Å². The van der Waals surface area contributed by atoms with E-state index in [9.17, 15) is 9.32 Å². The summed E-state index contributed by atoms with van der Waals surface area (Å²) in [6.07, 6.45) is 0. The number of rotatable bonds is 3. The minimum Gasteiger partial charge on any atom is -0.307 e. The third-order valence-electron chi connectivity index (χ3n) is 1.31. The van der Waals surface area contributed by atoms with E-state index in [-0.39, 0.29) is 5.92 Å². The monoisotopic (exact) mass is 149 g/mol. The Morgan fingerprint density at radius 2 is 2.10 bits per heavy atom. The number of halogens is 1. The Labute approximate surface area is 59.5 Å². The van der Waals surface area contributed by atoms with Crippen LogP contribution in [-0.2, 0) is 9.74 Å². The average Bonchev–Trinajstić information content (AvgIpc) is 1.88. The molecule has 0 amide bonds. The van der Waals surface area contributed by atoms with E-state index in [0.29, 0.717) is 0 Å². The minimum absolute atomic E-state index is 0.0354. The summed E-state index contributed by atoms with van der Waals surface area (Å²) in [7, 11) is 1.58. The zero-order valence-electron chi connectivity index (χ0n) is 6.35. The van der Waals surface area contributed by atoms with E-state index in [1.807, 2.05) is 0 Å². The molecule has 1 atom stereocenters. The van der Waals surface area contributed by atoms with Crippen LogP contribution >= 0.6 is 0 Å². The molecule has 4 heteroatoms. The first kappa shape index (κ1) is 9.36. The van der Waals surface area contributed by atoms with Crippen LogP contribution in [0.25, 0.3) is 0 Å². The van der Waals surface area contributed by atoms with Crippen molar-refractivity contribution in [3.05, 3.63) is 0 Å². The SMILES string of the molecule is CN[C@H](C(=O)OF)C(C)C. The molecule has 1 N–H and O–H groups in total. The molecule has 3 nitrogen and oxygen atoms in total. The van der Waals surface area contributed by atoms with Crippen molar-refractivity contribution in [1.82, 2.24) is 5.32 Å². The summed E-state index contributed by atoms with van der Waals surface area (Å²) in [6, 6.07) is -0.551. The molecule has 0 aromatic carbocycles. The molecule has 0 spiro atoms. The predicted octanol–water partition coefficient (Wildman–Crippen LogP) is 0.658. The molecular weight excluding hydrogens is 137 g/mol. The molecule has 0 radical (unpaired) electrons. The zero-order chi connectivity index (χ0) is 8.15. The molecule has 0 unspecified atom stereocenters. The molecule has 0 aliphatic heterocycles. The molecule has 0 bridgehead atoms. The molecule has 0 aliphatic rings. The first-order valence-corrected chi connectivity index (χ1v) is 3.13. The fraction of sp³-hybridized carbons (Fsp3) is 0.833. The first-order valence-electron chi connectivity index (χ1n) is 3.13. The number of hydrogen-bond donors (Lipinski definition) is 1. The lowest BCUT2D eigenvalue weighted by atomic mass is 10.1. The topological polar surface area (TPSA) is 38.3 Å². The largest absolute Gasteiger partial charge is 0.365 e. The highest BCUT2D eigenvalue weighted by Gasteiger charge is 2.21. The average molecular weight is 149 g/mol. The van der Waals surface area contributed by atoms with Crippen molar-refractivity contribution in [3.63, 3.8) is 0 Å². The van der Waals surface area contributed by atoms with Gasteiger partial charge in [-0.2, -0.15) is 0 Å². The minimum atomic E-state index is -0.863. The van der Waals surface area contributed by atoms with Gasteiger partial charge in [-0.25, -0.2) is 4.79 Å². The molecule has 0 aromatic heterocycles. The highest BCUT2D eigenvalue weighted by atomic mass is 19.3. The Bertz CT molecular complexity index is 116. The molecule has 0 aromatic rings. The van der Waals surface area contributed by atoms with Gasteiger partial charge in [0, 0.05) is 4.53 Å². The van der Waals surface area contributed by atoms with Gasteiger partial charge < -0.3 is 5.32 Å². The quantitative estimate of drug-likeness (QED) is 0.640. The van der Waals surface area contributed by atoms with Gasteiger partial charge >= 0.3 is 5.97 Å². The van der Waals surface area contributed by atoms with Gasteiger partial charge in [-0.05, 0) is 13.0 Å². The van der Waals surface area contributed by atoms with Crippen LogP contribution in [0.1, 0.15) is 13.8 Å². The molecule has 60 valence electrons. The van der Waals surface area contributed by atoms with Crippen molar-refractivity contribution in [2.75, 3.05) is 7.05 Å². The van der Waals surface area contributed by atoms with Gasteiger partial charge in [0.05, 0.1) is 0 Å². The predicted molar refractivity (Wildman–Crippen MR) is 34.9 cm³/mol. The van der Waals surface area contributed by atoms with Crippen LogP contribution in [-0.4, -0.2) is 19.1 Å². The maximum atomic E-state index is 11.3. The van der Waals surface area contributed by atoms with Gasteiger partial charge in [-0.15, -0.1) is 0 Å². The first-order chi connectivity index (χ1) is 4.63. The Hall–Kier alpha value is -0.640. The number of hydrogen-bond acceptors (Lipinski definition) is 3. The molecular formula is C6H12FNO2. The number of likely N-dealkylation sites (N-methyl/N-ethyl adjacent to an activating group) is 1. The maximum Gasteiger partial charge on any atom is 0.365 e. The molecule has 0 rings (SSSR count). The second-order valence-corrected chi connectivity index (χ2v) is 2.41. The van der Waals surface area contributed by atoms with Crippen molar-refractivity contribution in [2.45, 2.75) is 19.9 Å². The standard InChI is InChI=1S/C6H12FNO2/c1-4(2)5(8-3)6(9)10-7/h4-5,8H,1-3H3/t5-/m0/s1. The Balaban J connectivity index is 3.93. The van der Waals surface area contributed by atoms with Crippen LogP contribution in [0.5, 0.6) is 0 Å². The summed E-state index contributed by atoms with van der Waals surface area (Å²) in [6.45, 7) is 3.61. The lowest BCUT2D eigenvalue weighted by Crippen LogP contribution is -2.38. The summed E-state index contributed by atoms with van der Waals surface area (Å²) in [4.78, 5) is 13.6. The number of nitrogens with one attached hydrogen (secondary N) is 1. The Morgan fingerprint density at radius 3 is 2.20 bits per heavy atom. The van der Waals surface area contributed by atoms with Gasteiger partial charge in [0.15, 0.2) is 0 Å². The van der Waals surface area contributed by atoms with Crippen LogP contribution in [0.4, 0.5) is 4.53 Å². The molecule has 0 heterocycles. The smallest absolute Gasteiger partial charge is 0.307 e. The van der Waals surface area contributed by atoms with Crippen molar-refractivity contribution < 1.29 is 14.3 Å². The van der Waals surface area contributed by atoms with E-state index in [2.05, 4.69) is 10.3 Å². The molecule has 0 aliphatic carbocycles. The lowest BCUT2D eigenvalue weighted by Gasteiger charge is -2.14. The molecule has 0 saturated heterocycles. The fourth-order valence-electron chi connectivity index (χ4n) is 0.771. The summed E-state index contributed by atoms with van der Waals surface area (Å²) in [5.41, 5.74) is 0. The van der Waals surface area contributed by atoms with Crippen molar-refractivity contribution >= 4 is 5.97 Å². The highest BCUT2D eigenvalue weighted by Crippen LogP contribution is 2.02. The summed E-state index contributed by atoms with van der Waals surface area (Å²) in [5.74, 6) is -0.828. The number of carbonyl (C=O) groups is 1. The Morgan fingerprint density at radius 1 is 1.60 bits per heavy atom.